The molecule has 32 heavy (non-hydrogen) atoms. The van der Waals surface area contributed by atoms with Crippen molar-refractivity contribution < 1.29 is 22.3 Å². The number of aromatic nitrogens is 6. The highest BCUT2D eigenvalue weighted by atomic mass is 19.3. The highest BCUT2D eigenvalue weighted by Gasteiger charge is 2.43. The predicted octanol–water partition coefficient (Wildman–Crippen LogP) is 2.14. The van der Waals surface area contributed by atoms with Gasteiger partial charge in [0, 0.05) is 7.05 Å². The standard InChI is InChI=1S/C19H14F4N6O3/c1-26-17(30)27(10-24-26)12-2-4-14(5-3-12)29-18(31)28(11-25-29)13-6-8-15(9-7-13)32-19(22,23)16(20)21/h2-11,16H,1H3. The van der Waals surface area contributed by atoms with Gasteiger partial charge in [-0.25, -0.2) is 23.4 Å². The summed E-state index contributed by atoms with van der Waals surface area (Å²) < 4.78 is 59.2. The van der Waals surface area contributed by atoms with Crippen LogP contribution in [0.3, 0.4) is 0 Å². The SMILES string of the molecule is Cn1ncn(-c2ccc(-n3ncn(-c4ccc(OC(F)(F)C(F)F)cc4)c3=O)cc2)c1=O. The van der Waals surface area contributed by atoms with E-state index >= 15 is 0 Å². The van der Waals surface area contributed by atoms with Gasteiger partial charge in [-0.2, -0.15) is 32.4 Å². The van der Waals surface area contributed by atoms with Crippen LogP contribution in [0.1, 0.15) is 0 Å². The minimum Gasteiger partial charge on any atom is -0.428 e. The molecule has 9 nitrogen and oxygen atoms in total. The molecule has 0 amide bonds. The number of halogens is 4. The quantitative estimate of drug-likeness (QED) is 0.420. The van der Waals surface area contributed by atoms with E-state index in [2.05, 4.69) is 14.9 Å². The average molecular weight is 450 g/mol. The van der Waals surface area contributed by atoms with Gasteiger partial charge < -0.3 is 4.74 Å². The lowest BCUT2D eigenvalue weighted by atomic mass is 10.3. The second-order valence-electron chi connectivity index (χ2n) is 6.58. The summed E-state index contributed by atoms with van der Waals surface area (Å²) in [5, 5.41) is 7.89. The molecular formula is C19H14F4N6O3. The Balaban J connectivity index is 1.58. The second kappa shape index (κ2) is 7.83. The van der Waals surface area contributed by atoms with E-state index in [0.717, 1.165) is 21.4 Å². The largest absolute Gasteiger partial charge is 0.461 e. The van der Waals surface area contributed by atoms with E-state index in [4.69, 9.17) is 0 Å². The summed E-state index contributed by atoms with van der Waals surface area (Å²) in [5.41, 5.74) is 0.301. The Hall–Kier alpha value is -4.16. The zero-order chi connectivity index (χ0) is 23.0. The van der Waals surface area contributed by atoms with Crippen molar-refractivity contribution in [1.29, 1.82) is 0 Å². The Morgan fingerprint density at radius 2 is 1.31 bits per heavy atom. The number of nitrogens with zero attached hydrogens (tertiary/aromatic N) is 6. The number of benzene rings is 2. The Labute approximate surface area is 176 Å². The maximum atomic E-state index is 13.0. The van der Waals surface area contributed by atoms with Crippen LogP contribution in [0.2, 0.25) is 0 Å². The van der Waals surface area contributed by atoms with Crippen LogP contribution in [0.5, 0.6) is 5.75 Å². The van der Waals surface area contributed by atoms with E-state index in [1.54, 1.807) is 24.3 Å². The van der Waals surface area contributed by atoms with E-state index in [1.807, 2.05) is 0 Å². The number of alkyl halides is 4. The number of hydrogen-bond acceptors (Lipinski definition) is 5. The van der Waals surface area contributed by atoms with Gasteiger partial charge in [0.25, 0.3) is 0 Å². The summed E-state index contributed by atoms with van der Waals surface area (Å²) in [5.74, 6) is -0.485. The average Bonchev–Trinajstić information content (AvgIpc) is 3.31. The molecule has 0 N–H and O–H groups in total. The Morgan fingerprint density at radius 1 is 0.812 bits per heavy atom. The molecule has 13 heteroatoms. The smallest absolute Gasteiger partial charge is 0.428 e. The highest BCUT2D eigenvalue weighted by Crippen LogP contribution is 2.27. The lowest BCUT2D eigenvalue weighted by Crippen LogP contribution is -2.33. The molecule has 0 saturated heterocycles. The normalized spacial score (nSPS) is 11.8. The third-order valence-electron chi connectivity index (χ3n) is 4.49. The maximum Gasteiger partial charge on any atom is 0.461 e. The van der Waals surface area contributed by atoms with Crippen LogP contribution in [0.15, 0.2) is 70.8 Å². The van der Waals surface area contributed by atoms with E-state index in [-0.39, 0.29) is 11.4 Å². The first kappa shape index (κ1) is 21.1. The Bertz CT molecular complexity index is 1350. The molecular weight excluding hydrogens is 436 g/mol. The van der Waals surface area contributed by atoms with Crippen LogP contribution in [0.4, 0.5) is 17.6 Å². The molecule has 0 radical (unpaired) electrons. The van der Waals surface area contributed by atoms with Crippen molar-refractivity contribution in [3.05, 3.63) is 82.2 Å². The van der Waals surface area contributed by atoms with Gasteiger partial charge in [0.05, 0.1) is 17.1 Å². The molecule has 166 valence electrons. The molecule has 0 atom stereocenters. The molecule has 2 aromatic carbocycles. The second-order valence-corrected chi connectivity index (χ2v) is 6.58. The van der Waals surface area contributed by atoms with Gasteiger partial charge in [-0.3, -0.25) is 0 Å². The molecule has 0 spiro atoms. The first-order valence-electron chi connectivity index (χ1n) is 9.01. The first-order valence-corrected chi connectivity index (χ1v) is 9.01. The van der Waals surface area contributed by atoms with Crippen molar-refractivity contribution in [2.75, 3.05) is 0 Å². The molecule has 0 aliphatic heterocycles. The van der Waals surface area contributed by atoms with Crippen LogP contribution in [0.25, 0.3) is 17.1 Å². The van der Waals surface area contributed by atoms with Crippen molar-refractivity contribution in [2.24, 2.45) is 7.05 Å². The van der Waals surface area contributed by atoms with Gasteiger partial charge in [0.15, 0.2) is 0 Å². The zero-order valence-corrected chi connectivity index (χ0v) is 16.3. The maximum absolute atomic E-state index is 13.0. The van der Waals surface area contributed by atoms with Gasteiger partial charge in [0.1, 0.15) is 18.4 Å². The molecule has 0 unspecified atom stereocenters. The Morgan fingerprint density at radius 3 is 1.84 bits per heavy atom. The summed E-state index contributed by atoms with van der Waals surface area (Å²) in [7, 11) is 1.52. The van der Waals surface area contributed by atoms with Gasteiger partial charge in [-0.1, -0.05) is 0 Å². The number of hydrogen-bond donors (Lipinski definition) is 0. The molecule has 4 rings (SSSR count). The van der Waals surface area contributed by atoms with Crippen molar-refractivity contribution >= 4 is 0 Å². The summed E-state index contributed by atoms with van der Waals surface area (Å²) in [6.45, 7) is 0. The fourth-order valence-corrected chi connectivity index (χ4v) is 2.85. The van der Waals surface area contributed by atoms with E-state index in [9.17, 15) is 27.2 Å². The summed E-state index contributed by atoms with van der Waals surface area (Å²) >= 11 is 0. The minimum atomic E-state index is -4.63. The van der Waals surface area contributed by atoms with Crippen molar-refractivity contribution in [3.63, 3.8) is 0 Å². The molecule has 0 fully saturated rings. The molecule has 2 aromatic heterocycles. The van der Waals surface area contributed by atoms with Gasteiger partial charge in [-0.05, 0) is 48.5 Å². The van der Waals surface area contributed by atoms with Crippen LogP contribution in [-0.4, -0.2) is 41.2 Å². The van der Waals surface area contributed by atoms with E-state index < -0.39 is 24.0 Å². The third-order valence-corrected chi connectivity index (χ3v) is 4.49. The number of rotatable bonds is 6. The molecule has 0 aliphatic rings. The van der Waals surface area contributed by atoms with E-state index in [0.29, 0.717) is 11.4 Å². The van der Waals surface area contributed by atoms with Gasteiger partial charge >= 0.3 is 23.9 Å². The first-order chi connectivity index (χ1) is 15.2. The van der Waals surface area contributed by atoms with Crippen LogP contribution in [0, 0.1) is 0 Å². The number of ether oxygens (including phenoxy) is 1. The molecule has 2 heterocycles. The van der Waals surface area contributed by atoms with Gasteiger partial charge in [-0.15, -0.1) is 0 Å². The monoisotopic (exact) mass is 450 g/mol. The fourth-order valence-electron chi connectivity index (χ4n) is 2.85. The molecule has 0 bridgehead atoms. The predicted molar refractivity (Wildman–Crippen MR) is 103 cm³/mol. The van der Waals surface area contributed by atoms with Crippen LogP contribution >= 0.6 is 0 Å². The molecule has 0 aliphatic carbocycles. The third kappa shape index (κ3) is 3.79. The fraction of sp³-hybridized carbons (Fsp3) is 0.158. The summed E-state index contributed by atoms with van der Waals surface area (Å²) in [4.78, 5) is 24.7. The molecule has 4 aromatic rings. The lowest BCUT2D eigenvalue weighted by molar-refractivity contribution is -0.253. The number of aryl methyl sites for hydroxylation is 1. The van der Waals surface area contributed by atoms with Crippen molar-refractivity contribution in [2.45, 2.75) is 12.5 Å². The van der Waals surface area contributed by atoms with Crippen molar-refractivity contribution in [1.82, 2.24) is 28.7 Å². The van der Waals surface area contributed by atoms with Crippen LogP contribution in [-0.2, 0) is 7.05 Å². The van der Waals surface area contributed by atoms with Gasteiger partial charge in [0.2, 0.25) is 0 Å². The highest BCUT2D eigenvalue weighted by molar-refractivity contribution is 5.41. The van der Waals surface area contributed by atoms with Crippen LogP contribution < -0.4 is 16.1 Å². The molecule has 0 saturated carbocycles. The Kier molecular flexibility index (Phi) is 5.16. The summed E-state index contributed by atoms with van der Waals surface area (Å²) in [6.07, 6.45) is -6.03. The summed E-state index contributed by atoms with van der Waals surface area (Å²) in [6, 6.07) is 11.0. The van der Waals surface area contributed by atoms with Crippen molar-refractivity contribution in [3.8, 4) is 22.8 Å². The minimum absolute atomic E-state index is 0.257. The van der Waals surface area contributed by atoms with E-state index in [1.165, 1.54) is 41.1 Å². The topological polar surface area (TPSA) is 88.9 Å². The lowest BCUT2D eigenvalue weighted by Gasteiger charge is -2.16. The zero-order valence-electron chi connectivity index (χ0n) is 16.3.